The number of carbonyl (C=O) groups is 1. The van der Waals surface area contributed by atoms with Crippen molar-refractivity contribution in [3.63, 3.8) is 0 Å². The molecule has 0 saturated carbocycles. The molecule has 0 radical (unpaired) electrons. The Kier molecular flexibility index (Phi) is 5.02. The highest BCUT2D eigenvalue weighted by Crippen LogP contribution is 2.28. The molecule has 1 rings (SSSR count). The average molecular weight is 249 g/mol. The molecule has 1 aromatic rings. The standard InChI is InChI=1S/C12H15N3O3/c1-8-7-9(18-2)3-4-10(8)11(14-15-13)5-6-12(16)17/h3-4,7,11H,5-6H2,1-2H3,(H,16,17). The van der Waals surface area contributed by atoms with Crippen LogP contribution in [0.5, 0.6) is 5.75 Å². The third-order valence-corrected chi connectivity index (χ3v) is 2.66. The fourth-order valence-electron chi connectivity index (χ4n) is 1.75. The number of methoxy groups -OCH3 is 1. The molecule has 0 aliphatic heterocycles. The Morgan fingerprint density at radius 3 is 2.83 bits per heavy atom. The highest BCUT2D eigenvalue weighted by molar-refractivity contribution is 5.66. The second kappa shape index (κ2) is 6.51. The minimum Gasteiger partial charge on any atom is -0.497 e. The first-order valence-electron chi connectivity index (χ1n) is 5.49. The normalized spacial score (nSPS) is 11.4. The first kappa shape index (κ1) is 13.9. The molecule has 1 aromatic carbocycles. The maximum absolute atomic E-state index is 10.6. The molecule has 18 heavy (non-hydrogen) atoms. The molecule has 0 aliphatic rings. The summed E-state index contributed by atoms with van der Waals surface area (Å²) in [6.45, 7) is 1.87. The third kappa shape index (κ3) is 3.68. The molecule has 1 unspecified atom stereocenters. The molecule has 0 fully saturated rings. The second-order valence-electron chi connectivity index (χ2n) is 3.88. The fraction of sp³-hybridized carbons (Fsp3) is 0.417. The van der Waals surface area contributed by atoms with Gasteiger partial charge in [0.1, 0.15) is 5.75 Å². The maximum atomic E-state index is 10.6. The van der Waals surface area contributed by atoms with Crippen LogP contribution in [0.2, 0.25) is 0 Å². The number of carboxylic acids is 1. The van der Waals surface area contributed by atoms with E-state index in [4.69, 9.17) is 15.4 Å². The van der Waals surface area contributed by atoms with E-state index in [1.165, 1.54) is 0 Å². The number of aliphatic carboxylic acids is 1. The van der Waals surface area contributed by atoms with Crippen molar-refractivity contribution in [2.24, 2.45) is 5.11 Å². The van der Waals surface area contributed by atoms with E-state index in [0.717, 1.165) is 11.1 Å². The van der Waals surface area contributed by atoms with Gasteiger partial charge in [-0.05, 0) is 42.1 Å². The molecular formula is C12H15N3O3. The van der Waals surface area contributed by atoms with E-state index in [9.17, 15) is 4.79 Å². The lowest BCUT2D eigenvalue weighted by atomic mass is 9.98. The number of ether oxygens (including phenoxy) is 1. The predicted octanol–water partition coefficient (Wildman–Crippen LogP) is 3.22. The van der Waals surface area contributed by atoms with Crippen LogP contribution < -0.4 is 4.74 Å². The van der Waals surface area contributed by atoms with Gasteiger partial charge in [0.2, 0.25) is 0 Å². The van der Waals surface area contributed by atoms with E-state index >= 15 is 0 Å². The van der Waals surface area contributed by atoms with Gasteiger partial charge in [0.05, 0.1) is 13.2 Å². The van der Waals surface area contributed by atoms with Crippen LogP contribution in [0, 0.1) is 6.92 Å². The quantitative estimate of drug-likeness (QED) is 0.476. The number of hydrogen-bond acceptors (Lipinski definition) is 3. The van der Waals surface area contributed by atoms with Crippen molar-refractivity contribution in [3.05, 3.63) is 39.8 Å². The SMILES string of the molecule is COc1ccc(C(CCC(=O)O)N=[N+]=[N-])c(C)c1. The van der Waals surface area contributed by atoms with Crippen molar-refractivity contribution in [3.8, 4) is 5.75 Å². The van der Waals surface area contributed by atoms with Crippen molar-refractivity contribution in [2.45, 2.75) is 25.8 Å². The lowest BCUT2D eigenvalue weighted by Gasteiger charge is -2.14. The molecule has 0 aromatic heterocycles. The Balaban J connectivity index is 2.98. The molecule has 96 valence electrons. The smallest absolute Gasteiger partial charge is 0.303 e. The van der Waals surface area contributed by atoms with Crippen LogP contribution in [0.25, 0.3) is 10.4 Å². The molecule has 0 aliphatic carbocycles. The van der Waals surface area contributed by atoms with Gasteiger partial charge in [-0.15, -0.1) is 0 Å². The number of aryl methyl sites for hydroxylation is 1. The summed E-state index contributed by atoms with van der Waals surface area (Å²) >= 11 is 0. The highest BCUT2D eigenvalue weighted by atomic mass is 16.5. The molecule has 0 amide bonds. The van der Waals surface area contributed by atoms with E-state index in [1.807, 2.05) is 13.0 Å². The Hall–Kier alpha value is -2.20. The average Bonchev–Trinajstić information content (AvgIpc) is 2.34. The summed E-state index contributed by atoms with van der Waals surface area (Å²) in [5, 5.41) is 12.3. The summed E-state index contributed by atoms with van der Waals surface area (Å²) in [7, 11) is 1.57. The van der Waals surface area contributed by atoms with Gasteiger partial charge in [-0.3, -0.25) is 4.79 Å². The van der Waals surface area contributed by atoms with Crippen LogP contribution in [0.3, 0.4) is 0 Å². The van der Waals surface area contributed by atoms with E-state index < -0.39 is 12.0 Å². The minimum atomic E-state index is -0.903. The van der Waals surface area contributed by atoms with Crippen molar-refractivity contribution in [1.82, 2.24) is 0 Å². The molecule has 1 atom stereocenters. The molecule has 0 heterocycles. The maximum Gasteiger partial charge on any atom is 0.303 e. The van der Waals surface area contributed by atoms with Gasteiger partial charge in [-0.2, -0.15) is 0 Å². The second-order valence-corrected chi connectivity index (χ2v) is 3.88. The van der Waals surface area contributed by atoms with E-state index in [-0.39, 0.29) is 12.8 Å². The van der Waals surface area contributed by atoms with E-state index in [1.54, 1.807) is 19.2 Å². The number of nitrogens with zero attached hydrogens (tertiary/aromatic N) is 3. The fourth-order valence-corrected chi connectivity index (χ4v) is 1.75. The number of rotatable bonds is 6. The first-order chi connectivity index (χ1) is 8.58. The van der Waals surface area contributed by atoms with Crippen LogP contribution in [0.1, 0.15) is 30.0 Å². The molecule has 0 saturated heterocycles. The Morgan fingerprint density at radius 1 is 1.61 bits per heavy atom. The zero-order chi connectivity index (χ0) is 13.5. The van der Waals surface area contributed by atoms with Crippen LogP contribution in [0.4, 0.5) is 0 Å². The van der Waals surface area contributed by atoms with Crippen molar-refractivity contribution >= 4 is 5.97 Å². The Bertz CT molecular complexity index is 481. The molecule has 0 bridgehead atoms. The number of azide groups is 1. The predicted molar refractivity (Wildman–Crippen MR) is 66.5 cm³/mol. The zero-order valence-corrected chi connectivity index (χ0v) is 10.3. The van der Waals surface area contributed by atoms with Gasteiger partial charge in [0.25, 0.3) is 0 Å². The summed E-state index contributed by atoms with van der Waals surface area (Å²) in [6, 6.07) is 4.94. The lowest BCUT2D eigenvalue weighted by molar-refractivity contribution is -0.137. The molecule has 6 heteroatoms. The van der Waals surface area contributed by atoms with Crippen LogP contribution in [-0.4, -0.2) is 18.2 Å². The first-order valence-corrected chi connectivity index (χ1v) is 5.49. The van der Waals surface area contributed by atoms with Crippen LogP contribution in [-0.2, 0) is 4.79 Å². The largest absolute Gasteiger partial charge is 0.497 e. The minimum absolute atomic E-state index is 0.0326. The Morgan fingerprint density at radius 2 is 2.33 bits per heavy atom. The van der Waals surface area contributed by atoms with Crippen molar-refractivity contribution < 1.29 is 14.6 Å². The molecule has 0 spiro atoms. The van der Waals surface area contributed by atoms with E-state index in [0.29, 0.717) is 5.75 Å². The highest BCUT2D eigenvalue weighted by Gasteiger charge is 2.14. The number of benzene rings is 1. The van der Waals surface area contributed by atoms with Gasteiger partial charge in [-0.25, -0.2) is 0 Å². The Labute approximate surface area is 105 Å². The summed E-state index contributed by atoms with van der Waals surface area (Å²) < 4.78 is 5.09. The van der Waals surface area contributed by atoms with Crippen molar-refractivity contribution in [1.29, 1.82) is 0 Å². The van der Waals surface area contributed by atoms with Gasteiger partial charge < -0.3 is 9.84 Å². The molecule has 6 nitrogen and oxygen atoms in total. The van der Waals surface area contributed by atoms with Crippen LogP contribution >= 0.6 is 0 Å². The van der Waals surface area contributed by atoms with Crippen LogP contribution in [0.15, 0.2) is 23.3 Å². The number of carboxylic acid groups (broad SMARTS) is 1. The van der Waals surface area contributed by atoms with Gasteiger partial charge >= 0.3 is 5.97 Å². The third-order valence-electron chi connectivity index (χ3n) is 2.66. The molecular weight excluding hydrogens is 234 g/mol. The lowest BCUT2D eigenvalue weighted by Crippen LogP contribution is -2.02. The van der Waals surface area contributed by atoms with Gasteiger partial charge in [0, 0.05) is 11.3 Å². The summed E-state index contributed by atoms with van der Waals surface area (Å²) in [5.41, 5.74) is 10.3. The topological polar surface area (TPSA) is 95.3 Å². The van der Waals surface area contributed by atoms with Gasteiger partial charge in [-0.1, -0.05) is 11.2 Å². The summed E-state index contributed by atoms with van der Waals surface area (Å²) in [5.74, 6) is -0.187. The summed E-state index contributed by atoms with van der Waals surface area (Å²) in [6.07, 6.45) is 0.252. The number of hydrogen-bond donors (Lipinski definition) is 1. The zero-order valence-electron chi connectivity index (χ0n) is 10.3. The van der Waals surface area contributed by atoms with E-state index in [2.05, 4.69) is 10.0 Å². The van der Waals surface area contributed by atoms with Gasteiger partial charge in [0.15, 0.2) is 0 Å². The summed E-state index contributed by atoms with van der Waals surface area (Å²) in [4.78, 5) is 13.3. The monoisotopic (exact) mass is 249 g/mol. The van der Waals surface area contributed by atoms with Crippen molar-refractivity contribution in [2.75, 3.05) is 7.11 Å². The molecule has 1 N–H and O–H groups in total.